The van der Waals surface area contributed by atoms with Crippen LogP contribution < -0.4 is 37.2 Å². The van der Waals surface area contributed by atoms with Gasteiger partial charge in [-0.2, -0.15) is 0 Å². The predicted molar refractivity (Wildman–Crippen MR) is 209 cm³/mol. The summed E-state index contributed by atoms with van der Waals surface area (Å²) in [5.41, 5.74) is -2.00. The van der Waals surface area contributed by atoms with Crippen LogP contribution in [0, 0.1) is 12.3 Å². The van der Waals surface area contributed by atoms with Crippen molar-refractivity contribution in [2.24, 2.45) is 0 Å². The van der Waals surface area contributed by atoms with Gasteiger partial charge in [0.25, 0.3) is 0 Å². The number of hydrogen-bond donors (Lipinski definition) is 7. The molecule has 0 bridgehead atoms. The van der Waals surface area contributed by atoms with Crippen molar-refractivity contribution in [2.75, 3.05) is 33.3 Å². The normalized spacial score (nSPS) is 12.9. The number of carbonyl (C=O) groups excluding carboxylic acids is 7. The summed E-state index contributed by atoms with van der Waals surface area (Å²) in [5.74, 6) is 0.376. The second kappa shape index (κ2) is 26.0. The first-order chi connectivity index (χ1) is 26.0. The lowest BCUT2D eigenvalue weighted by molar-refractivity contribution is -0.132. The minimum atomic E-state index is -1.15. The number of ether oxygens (including phenoxy) is 4. The summed E-state index contributed by atoms with van der Waals surface area (Å²) >= 11 is 0. The maximum atomic E-state index is 13.7. The summed E-state index contributed by atoms with van der Waals surface area (Å²) in [5, 5.41) is 18.4. The van der Waals surface area contributed by atoms with E-state index >= 15 is 0 Å². The molecule has 0 saturated carbocycles. The van der Waals surface area contributed by atoms with Gasteiger partial charge in [0, 0.05) is 26.7 Å². The van der Waals surface area contributed by atoms with E-state index in [1.165, 1.54) is 7.05 Å². The third kappa shape index (κ3) is 27.6. The number of nitrogens with one attached hydrogen (secondary N) is 7. The Morgan fingerprint density at radius 3 is 1.12 bits per heavy atom. The van der Waals surface area contributed by atoms with Crippen LogP contribution in [-0.2, 0) is 33.3 Å². The maximum absolute atomic E-state index is 13.7. The van der Waals surface area contributed by atoms with Crippen molar-refractivity contribution in [1.82, 2.24) is 37.2 Å². The Hall–Kier alpha value is -4.95. The number of alkyl carbamates (subject to hydrolysis) is 4. The fraction of sp³-hybridized carbons (Fsp3) is 0.763. The zero-order valence-corrected chi connectivity index (χ0v) is 35.0. The molecule has 0 aromatic carbocycles. The number of carbonyl (C=O) groups is 7. The van der Waals surface area contributed by atoms with Gasteiger partial charge < -0.3 is 56.2 Å². The van der Waals surface area contributed by atoms with Crippen molar-refractivity contribution >= 4 is 42.1 Å². The molecule has 18 heteroatoms. The lowest BCUT2D eigenvalue weighted by atomic mass is 10.0. The molecule has 0 spiro atoms. The molecule has 320 valence electrons. The van der Waals surface area contributed by atoms with Crippen LogP contribution in [0.3, 0.4) is 0 Å². The Morgan fingerprint density at radius 1 is 0.500 bits per heavy atom. The monoisotopic (exact) mass is 797 g/mol. The molecule has 3 atom stereocenters. The lowest BCUT2D eigenvalue weighted by Gasteiger charge is -2.25. The second-order valence-corrected chi connectivity index (χ2v) is 16.0. The Labute approximate surface area is 332 Å². The van der Waals surface area contributed by atoms with Gasteiger partial charge in [-0.1, -0.05) is 5.92 Å². The molecule has 0 aromatic rings. The van der Waals surface area contributed by atoms with E-state index in [4.69, 9.17) is 25.4 Å². The van der Waals surface area contributed by atoms with Gasteiger partial charge in [0.15, 0.2) is 6.61 Å². The summed E-state index contributed by atoms with van der Waals surface area (Å²) in [6.07, 6.45) is 5.49. The summed E-state index contributed by atoms with van der Waals surface area (Å²) < 4.78 is 20.6. The summed E-state index contributed by atoms with van der Waals surface area (Å²) in [7, 11) is 1.43. The van der Waals surface area contributed by atoms with E-state index in [1.54, 1.807) is 62.3 Å². The average Bonchev–Trinajstić information content (AvgIpc) is 3.05. The minimum absolute atomic E-state index is 0.110. The zero-order valence-electron chi connectivity index (χ0n) is 35.0. The van der Waals surface area contributed by atoms with Gasteiger partial charge in [-0.3, -0.25) is 14.4 Å². The van der Waals surface area contributed by atoms with Crippen LogP contribution >= 0.6 is 0 Å². The topological polar surface area (TPSA) is 241 Å². The second-order valence-electron chi connectivity index (χ2n) is 16.0. The van der Waals surface area contributed by atoms with Gasteiger partial charge in [0.05, 0.1) is 0 Å². The molecule has 0 saturated heterocycles. The van der Waals surface area contributed by atoms with Crippen LogP contribution in [0.2, 0.25) is 0 Å². The quantitative estimate of drug-likeness (QED) is 0.0475. The standard InChI is InChI=1S/C38H67N7O11/c1-12-25-53-35(52)45-28(21-15-18-24-42-34(51)56-38(8,9)10)31(48)44-27(20-14-17-23-41-33(50)55-37(5,6)7)30(47)43-26(29(46)39-11)19-13-16-22-40-32(49)54-36(2,3)4/h1,26-28H,13-25H2,2-11H3,(H,39,46)(H,40,49)(H,41,50)(H,42,51)(H,43,47)(H,44,48)(H,45,52)/t26-,27-,28-/m0/s1. The predicted octanol–water partition coefficient (Wildman–Crippen LogP) is 3.52. The van der Waals surface area contributed by atoms with Gasteiger partial charge in [-0.15, -0.1) is 6.42 Å². The van der Waals surface area contributed by atoms with Gasteiger partial charge in [-0.05, 0) is 120 Å². The molecule has 0 aromatic heterocycles. The van der Waals surface area contributed by atoms with E-state index in [1.807, 2.05) is 0 Å². The first-order valence-electron chi connectivity index (χ1n) is 19.1. The Balaban J connectivity index is 5.81. The Morgan fingerprint density at radius 2 is 0.821 bits per heavy atom. The highest BCUT2D eigenvalue weighted by molar-refractivity contribution is 5.93. The van der Waals surface area contributed by atoms with Crippen LogP contribution in [0.15, 0.2) is 0 Å². The number of amides is 7. The molecular formula is C38H67N7O11. The summed E-state index contributed by atoms with van der Waals surface area (Å²) in [6.45, 7) is 16.1. The van der Waals surface area contributed by atoms with E-state index in [0.717, 1.165) is 0 Å². The number of hydrogen-bond acceptors (Lipinski definition) is 11. The highest BCUT2D eigenvalue weighted by Gasteiger charge is 2.30. The molecule has 0 heterocycles. The van der Waals surface area contributed by atoms with Crippen molar-refractivity contribution < 1.29 is 52.5 Å². The van der Waals surface area contributed by atoms with Crippen LogP contribution in [0.1, 0.15) is 120 Å². The van der Waals surface area contributed by atoms with E-state index in [9.17, 15) is 33.6 Å². The number of likely N-dealkylation sites (N-methyl/N-ethyl adjacent to an activating group) is 1. The van der Waals surface area contributed by atoms with Crippen molar-refractivity contribution in [1.29, 1.82) is 0 Å². The summed E-state index contributed by atoms with van der Waals surface area (Å²) in [4.78, 5) is 88.7. The van der Waals surface area contributed by atoms with Crippen molar-refractivity contribution in [3.8, 4) is 12.3 Å². The third-order valence-corrected chi connectivity index (χ3v) is 7.17. The molecule has 0 unspecified atom stereocenters. The smallest absolute Gasteiger partial charge is 0.408 e. The van der Waals surface area contributed by atoms with E-state index in [2.05, 4.69) is 43.1 Å². The molecule has 7 N–H and O–H groups in total. The molecule has 0 fully saturated rings. The largest absolute Gasteiger partial charge is 0.444 e. The van der Waals surface area contributed by atoms with Crippen LogP contribution in [0.25, 0.3) is 0 Å². The van der Waals surface area contributed by atoms with E-state index in [-0.39, 0.29) is 45.5 Å². The van der Waals surface area contributed by atoms with Crippen LogP contribution in [-0.4, -0.2) is 110 Å². The number of terminal acetylenes is 1. The molecule has 0 rings (SSSR count). The summed E-state index contributed by atoms with van der Waals surface area (Å²) in [6, 6.07) is -3.27. The molecule has 0 radical (unpaired) electrons. The van der Waals surface area contributed by atoms with E-state index in [0.29, 0.717) is 38.5 Å². The Kier molecular flexibility index (Phi) is 23.7. The maximum Gasteiger partial charge on any atom is 0.408 e. The lowest BCUT2D eigenvalue weighted by Crippen LogP contribution is -2.56. The molecule has 0 aliphatic rings. The fourth-order valence-corrected chi connectivity index (χ4v) is 4.75. The highest BCUT2D eigenvalue weighted by atomic mass is 16.6. The minimum Gasteiger partial charge on any atom is -0.444 e. The molecule has 18 nitrogen and oxygen atoms in total. The number of unbranched alkanes of at least 4 members (excludes halogenated alkanes) is 3. The molecular weight excluding hydrogens is 730 g/mol. The molecule has 0 aliphatic carbocycles. The molecule has 7 amide bonds. The van der Waals surface area contributed by atoms with E-state index < -0.39 is 77.0 Å². The van der Waals surface area contributed by atoms with Gasteiger partial charge >= 0.3 is 24.4 Å². The molecule has 0 aliphatic heterocycles. The molecule has 56 heavy (non-hydrogen) atoms. The van der Waals surface area contributed by atoms with Crippen LogP contribution in [0.4, 0.5) is 19.2 Å². The van der Waals surface area contributed by atoms with Gasteiger partial charge in [0.1, 0.15) is 34.9 Å². The average molecular weight is 798 g/mol. The van der Waals surface area contributed by atoms with Crippen LogP contribution in [0.5, 0.6) is 0 Å². The number of rotatable bonds is 22. The van der Waals surface area contributed by atoms with Gasteiger partial charge in [0.2, 0.25) is 17.7 Å². The fourth-order valence-electron chi connectivity index (χ4n) is 4.75. The van der Waals surface area contributed by atoms with Gasteiger partial charge in [-0.25, -0.2) is 19.2 Å². The van der Waals surface area contributed by atoms with Crippen molar-refractivity contribution in [2.45, 2.75) is 155 Å². The van der Waals surface area contributed by atoms with Crippen molar-refractivity contribution in [3.05, 3.63) is 0 Å². The Bertz CT molecular complexity index is 1310. The first-order valence-corrected chi connectivity index (χ1v) is 19.1. The SMILES string of the molecule is C#CCOC(=O)N[C@@H](CCCCNC(=O)OC(C)(C)C)C(=O)N[C@@H](CCCCNC(=O)OC(C)(C)C)C(=O)N[C@@H](CCCCNC(=O)OC(C)(C)C)C(=O)NC. The van der Waals surface area contributed by atoms with Crippen molar-refractivity contribution in [3.63, 3.8) is 0 Å². The first kappa shape index (κ1) is 51.0. The highest BCUT2D eigenvalue weighted by Crippen LogP contribution is 2.11. The third-order valence-electron chi connectivity index (χ3n) is 7.17. The zero-order chi connectivity index (χ0) is 43.0.